The van der Waals surface area contributed by atoms with Crippen LogP contribution < -0.4 is 5.32 Å². The lowest BCUT2D eigenvalue weighted by atomic mass is 9.97. The number of benzene rings is 1. The Morgan fingerprint density at radius 3 is 2.71 bits per heavy atom. The smallest absolute Gasteiger partial charge is 0.255 e. The number of ether oxygens (including phenoxy) is 2. The number of carbonyl (C=O) groups excluding carboxylic acids is 1. The molecule has 2 aliphatic rings. The van der Waals surface area contributed by atoms with E-state index in [1.165, 1.54) is 5.56 Å². The highest BCUT2D eigenvalue weighted by atomic mass is 35.5. The molecule has 6 nitrogen and oxygen atoms in total. The van der Waals surface area contributed by atoms with Crippen molar-refractivity contribution in [1.82, 2.24) is 9.88 Å². The topological polar surface area (TPSA) is 63.7 Å². The van der Waals surface area contributed by atoms with Crippen molar-refractivity contribution < 1.29 is 14.3 Å². The van der Waals surface area contributed by atoms with Gasteiger partial charge in [-0.3, -0.25) is 4.79 Å². The van der Waals surface area contributed by atoms with Crippen molar-refractivity contribution in [2.75, 3.05) is 38.2 Å². The molecule has 3 heterocycles. The number of halogens is 1. The third-order valence-corrected chi connectivity index (χ3v) is 5.47. The molecule has 2 fully saturated rings. The van der Waals surface area contributed by atoms with Gasteiger partial charge in [0.25, 0.3) is 5.91 Å². The molecular weight excluding hydrogens is 378 g/mol. The van der Waals surface area contributed by atoms with Crippen LogP contribution in [0.3, 0.4) is 0 Å². The first kappa shape index (κ1) is 19.2. The molecule has 4 rings (SSSR count). The monoisotopic (exact) mass is 401 g/mol. The largest absolute Gasteiger partial charge is 0.378 e. The van der Waals surface area contributed by atoms with Crippen molar-refractivity contribution in [3.8, 4) is 0 Å². The van der Waals surface area contributed by atoms with Crippen LogP contribution in [0.4, 0.5) is 5.82 Å². The van der Waals surface area contributed by atoms with Crippen LogP contribution in [0.15, 0.2) is 42.6 Å². The minimum absolute atomic E-state index is 0.0561. The number of amides is 1. The first-order valence-corrected chi connectivity index (χ1v) is 10.0. The van der Waals surface area contributed by atoms with Crippen LogP contribution in [0.25, 0.3) is 0 Å². The number of anilines is 1. The van der Waals surface area contributed by atoms with E-state index < -0.39 is 0 Å². The SMILES string of the molecule is O=C(c1cnc(NC2CCOC(c3ccccc3)C2)c(Cl)c1)N1CCOCC1. The third kappa shape index (κ3) is 4.46. The Morgan fingerprint density at radius 1 is 1.18 bits per heavy atom. The van der Waals surface area contributed by atoms with Gasteiger partial charge in [-0.25, -0.2) is 4.98 Å². The summed E-state index contributed by atoms with van der Waals surface area (Å²) in [6.07, 6.45) is 3.39. The maximum Gasteiger partial charge on any atom is 0.255 e. The van der Waals surface area contributed by atoms with Crippen LogP contribution in [0, 0.1) is 0 Å². The van der Waals surface area contributed by atoms with E-state index in [1.807, 2.05) is 18.2 Å². The Kier molecular flexibility index (Phi) is 6.10. The second kappa shape index (κ2) is 8.90. The van der Waals surface area contributed by atoms with Crippen LogP contribution >= 0.6 is 11.6 Å². The number of rotatable bonds is 4. The average molecular weight is 402 g/mol. The van der Waals surface area contributed by atoms with E-state index in [9.17, 15) is 4.79 Å². The van der Waals surface area contributed by atoms with E-state index in [1.54, 1.807) is 17.2 Å². The fourth-order valence-electron chi connectivity index (χ4n) is 3.63. The van der Waals surface area contributed by atoms with Crippen LogP contribution in [0.5, 0.6) is 0 Å². The minimum Gasteiger partial charge on any atom is -0.378 e. The van der Waals surface area contributed by atoms with Crippen molar-refractivity contribution >= 4 is 23.3 Å². The molecule has 0 radical (unpaired) electrons. The number of pyridine rings is 1. The quantitative estimate of drug-likeness (QED) is 0.848. The highest BCUT2D eigenvalue weighted by Crippen LogP contribution is 2.31. The van der Waals surface area contributed by atoms with Crippen molar-refractivity contribution in [2.45, 2.75) is 25.0 Å². The van der Waals surface area contributed by atoms with Gasteiger partial charge in [-0.2, -0.15) is 0 Å². The average Bonchev–Trinajstić information content (AvgIpc) is 2.76. The number of nitrogens with one attached hydrogen (secondary N) is 1. The second-order valence-electron chi connectivity index (χ2n) is 7.09. The van der Waals surface area contributed by atoms with Crippen LogP contribution in [-0.2, 0) is 9.47 Å². The third-order valence-electron chi connectivity index (χ3n) is 5.18. The van der Waals surface area contributed by atoms with Crippen molar-refractivity contribution in [1.29, 1.82) is 0 Å². The van der Waals surface area contributed by atoms with E-state index in [4.69, 9.17) is 21.1 Å². The van der Waals surface area contributed by atoms with E-state index in [0.717, 1.165) is 12.8 Å². The fraction of sp³-hybridized carbons (Fsp3) is 0.429. The summed E-state index contributed by atoms with van der Waals surface area (Å²) in [5.74, 6) is 0.554. The lowest BCUT2D eigenvalue weighted by Crippen LogP contribution is -2.40. The number of aromatic nitrogens is 1. The molecule has 0 aliphatic carbocycles. The summed E-state index contributed by atoms with van der Waals surface area (Å²) >= 11 is 6.43. The Labute approximate surface area is 169 Å². The summed E-state index contributed by atoms with van der Waals surface area (Å²) in [5.41, 5.74) is 1.69. The van der Waals surface area contributed by atoms with E-state index in [-0.39, 0.29) is 18.1 Å². The summed E-state index contributed by atoms with van der Waals surface area (Å²) in [4.78, 5) is 18.8. The molecule has 1 aromatic carbocycles. The number of hydrogen-bond donors (Lipinski definition) is 1. The van der Waals surface area contributed by atoms with Crippen molar-refractivity contribution in [3.63, 3.8) is 0 Å². The predicted molar refractivity (Wildman–Crippen MR) is 108 cm³/mol. The predicted octanol–water partition coefficient (Wildman–Crippen LogP) is 3.54. The number of carbonyl (C=O) groups is 1. The zero-order valence-corrected chi connectivity index (χ0v) is 16.4. The maximum absolute atomic E-state index is 12.6. The fourth-order valence-corrected chi connectivity index (χ4v) is 3.85. The highest BCUT2D eigenvalue weighted by Gasteiger charge is 2.25. The van der Waals surface area contributed by atoms with Gasteiger partial charge in [0, 0.05) is 31.9 Å². The molecule has 1 aromatic heterocycles. The summed E-state index contributed by atoms with van der Waals surface area (Å²) in [5, 5.41) is 3.89. The van der Waals surface area contributed by atoms with Gasteiger partial charge in [-0.1, -0.05) is 41.9 Å². The molecule has 0 bridgehead atoms. The number of nitrogens with zero attached hydrogens (tertiary/aromatic N) is 2. The molecule has 7 heteroatoms. The Hall–Kier alpha value is -2.15. The molecule has 148 valence electrons. The maximum atomic E-state index is 12.6. The van der Waals surface area contributed by atoms with Gasteiger partial charge in [0.15, 0.2) is 0 Å². The Bertz CT molecular complexity index is 812. The number of hydrogen-bond acceptors (Lipinski definition) is 5. The van der Waals surface area contributed by atoms with Crippen molar-refractivity contribution in [2.24, 2.45) is 0 Å². The van der Waals surface area contributed by atoms with Crippen LogP contribution in [-0.4, -0.2) is 54.7 Å². The van der Waals surface area contributed by atoms with Crippen molar-refractivity contribution in [3.05, 3.63) is 58.7 Å². The molecule has 2 aromatic rings. The lowest BCUT2D eigenvalue weighted by molar-refractivity contribution is 0.00974. The first-order valence-electron chi connectivity index (χ1n) is 9.66. The Balaban J connectivity index is 1.41. The van der Waals surface area contributed by atoms with E-state index >= 15 is 0 Å². The molecule has 2 atom stereocenters. The molecular formula is C21H24ClN3O3. The summed E-state index contributed by atoms with van der Waals surface area (Å²) in [6.45, 7) is 3.01. The van der Waals surface area contributed by atoms with E-state index in [2.05, 4.69) is 22.4 Å². The molecule has 1 N–H and O–H groups in total. The van der Waals surface area contributed by atoms with Gasteiger partial charge in [-0.15, -0.1) is 0 Å². The zero-order valence-electron chi connectivity index (χ0n) is 15.6. The van der Waals surface area contributed by atoms with Crippen LogP contribution in [0.2, 0.25) is 5.02 Å². The van der Waals surface area contributed by atoms with Gasteiger partial charge in [0.1, 0.15) is 5.82 Å². The molecule has 2 aliphatic heterocycles. The molecule has 28 heavy (non-hydrogen) atoms. The van der Waals surface area contributed by atoms with Gasteiger partial charge in [-0.05, 0) is 24.5 Å². The normalized spacial score (nSPS) is 22.7. The van der Waals surface area contributed by atoms with Gasteiger partial charge < -0.3 is 19.7 Å². The van der Waals surface area contributed by atoms with Crippen LogP contribution in [0.1, 0.15) is 34.9 Å². The minimum atomic E-state index is -0.0561. The summed E-state index contributed by atoms with van der Waals surface area (Å²) < 4.78 is 11.2. The standard InChI is InChI=1S/C21H24ClN3O3/c22-18-12-16(21(26)25-7-10-27-11-8-25)14-23-20(18)24-17-6-9-28-19(13-17)15-4-2-1-3-5-15/h1-5,12,14,17,19H,6-11,13H2,(H,23,24). The zero-order chi connectivity index (χ0) is 19.3. The molecule has 2 saturated heterocycles. The molecule has 1 amide bonds. The molecule has 0 spiro atoms. The van der Waals surface area contributed by atoms with E-state index in [0.29, 0.717) is 49.3 Å². The summed E-state index contributed by atoms with van der Waals surface area (Å²) in [6, 6.07) is 12.1. The Morgan fingerprint density at radius 2 is 1.96 bits per heavy atom. The van der Waals surface area contributed by atoms with Gasteiger partial charge >= 0.3 is 0 Å². The summed E-state index contributed by atoms with van der Waals surface area (Å²) in [7, 11) is 0. The molecule has 2 unspecified atom stereocenters. The molecule has 0 saturated carbocycles. The first-order chi connectivity index (χ1) is 13.7. The number of morpholine rings is 1. The van der Waals surface area contributed by atoms with Gasteiger partial charge in [0.05, 0.1) is 29.9 Å². The highest BCUT2D eigenvalue weighted by molar-refractivity contribution is 6.33. The second-order valence-corrected chi connectivity index (χ2v) is 7.50. The lowest BCUT2D eigenvalue weighted by Gasteiger charge is -2.31. The van der Waals surface area contributed by atoms with Gasteiger partial charge in [0.2, 0.25) is 0 Å².